The van der Waals surface area contributed by atoms with Crippen LogP contribution < -0.4 is 9.47 Å². The maximum Gasteiger partial charge on any atom is 0.336 e. The second-order valence-electron chi connectivity index (χ2n) is 4.76. The van der Waals surface area contributed by atoms with Crippen molar-refractivity contribution >= 4 is 17.7 Å². The van der Waals surface area contributed by atoms with Gasteiger partial charge in [0.25, 0.3) is 5.69 Å². The second kappa shape index (κ2) is 7.22. The summed E-state index contributed by atoms with van der Waals surface area (Å²) in [5.41, 5.74) is 1.74. The number of nitrogens with zero attached hydrogens (tertiary/aromatic N) is 1. The van der Waals surface area contributed by atoms with Gasteiger partial charge in [-0.15, -0.1) is 0 Å². The van der Waals surface area contributed by atoms with Crippen molar-refractivity contribution in [1.82, 2.24) is 0 Å². The van der Waals surface area contributed by atoms with Gasteiger partial charge in [-0.25, -0.2) is 4.79 Å². The minimum Gasteiger partial charge on any atom is -0.493 e. The topological polar surface area (TPSA) is 78.7 Å². The van der Waals surface area contributed by atoms with Crippen molar-refractivity contribution in [3.8, 4) is 11.5 Å². The summed E-state index contributed by atoms with van der Waals surface area (Å²) in [6, 6.07) is 11.4. The Balaban J connectivity index is 2.16. The van der Waals surface area contributed by atoms with Gasteiger partial charge >= 0.3 is 5.97 Å². The molecule has 2 aromatic rings. The summed E-state index contributed by atoms with van der Waals surface area (Å²) in [5, 5.41) is 10.8. The first-order chi connectivity index (χ1) is 11.0. The summed E-state index contributed by atoms with van der Waals surface area (Å²) in [5.74, 6) is -0.404. The molecule has 0 spiro atoms. The molecule has 6 nitrogen and oxygen atoms in total. The van der Waals surface area contributed by atoms with E-state index >= 15 is 0 Å². The lowest BCUT2D eigenvalue weighted by molar-refractivity contribution is -0.384. The first-order valence-corrected chi connectivity index (χ1v) is 6.78. The summed E-state index contributed by atoms with van der Waals surface area (Å²) in [7, 11) is 1.39. The molecule has 0 aliphatic heterocycles. The minimum atomic E-state index is -0.648. The molecule has 0 atom stereocenters. The Morgan fingerprint density at radius 1 is 1.17 bits per heavy atom. The van der Waals surface area contributed by atoms with Gasteiger partial charge in [-0.2, -0.15) is 0 Å². The number of rotatable bonds is 5. The number of esters is 1. The van der Waals surface area contributed by atoms with Crippen LogP contribution in [0.25, 0.3) is 6.08 Å². The number of non-ortho nitro benzene ring substituents is 1. The highest BCUT2D eigenvalue weighted by Crippen LogP contribution is 2.31. The van der Waals surface area contributed by atoms with Gasteiger partial charge in [0.1, 0.15) is 0 Å². The third-order valence-electron chi connectivity index (χ3n) is 3.02. The molecule has 2 aromatic carbocycles. The first-order valence-electron chi connectivity index (χ1n) is 6.78. The Labute approximate surface area is 133 Å². The molecule has 0 radical (unpaired) electrons. The summed E-state index contributed by atoms with van der Waals surface area (Å²) in [6.07, 6.45) is 2.87. The van der Waals surface area contributed by atoms with Crippen molar-refractivity contribution in [1.29, 1.82) is 0 Å². The van der Waals surface area contributed by atoms with Gasteiger partial charge in [0.2, 0.25) is 0 Å². The summed E-state index contributed by atoms with van der Waals surface area (Å²) in [4.78, 5) is 22.1. The largest absolute Gasteiger partial charge is 0.493 e. The molecular formula is C17H15NO5. The van der Waals surface area contributed by atoms with Crippen molar-refractivity contribution in [3.05, 3.63) is 69.8 Å². The standard InChI is InChI=1S/C17H15NO5/c1-12-4-3-5-13(10-12)6-9-17(19)23-16-11-14(18(20)21)7-8-15(16)22-2/h3-11H,1-2H3/b9-6+. The normalized spacial score (nSPS) is 10.5. The van der Waals surface area contributed by atoms with Crippen molar-refractivity contribution in [2.45, 2.75) is 6.92 Å². The Morgan fingerprint density at radius 2 is 1.96 bits per heavy atom. The average Bonchev–Trinajstić information content (AvgIpc) is 2.53. The maximum atomic E-state index is 11.9. The van der Waals surface area contributed by atoms with E-state index in [2.05, 4.69) is 0 Å². The molecule has 6 heteroatoms. The summed E-state index contributed by atoms with van der Waals surface area (Å²) in [6.45, 7) is 1.95. The molecule has 0 unspecified atom stereocenters. The van der Waals surface area contributed by atoms with Crippen LogP contribution in [0.4, 0.5) is 5.69 Å². The van der Waals surface area contributed by atoms with Crippen molar-refractivity contribution in [2.75, 3.05) is 7.11 Å². The van der Waals surface area contributed by atoms with Crippen molar-refractivity contribution in [3.63, 3.8) is 0 Å². The third kappa shape index (κ3) is 4.41. The SMILES string of the molecule is COc1ccc([N+](=O)[O-])cc1OC(=O)/C=C/c1cccc(C)c1. The zero-order valence-corrected chi connectivity index (χ0v) is 12.7. The Kier molecular flexibility index (Phi) is 5.09. The van der Waals surface area contributed by atoms with Crippen LogP contribution in [-0.4, -0.2) is 18.0 Å². The highest BCUT2D eigenvalue weighted by molar-refractivity contribution is 5.89. The predicted molar refractivity (Wildman–Crippen MR) is 85.5 cm³/mol. The zero-order chi connectivity index (χ0) is 16.8. The number of hydrogen-bond donors (Lipinski definition) is 0. The van der Waals surface area contributed by atoms with E-state index in [1.165, 1.54) is 25.3 Å². The molecule has 0 saturated heterocycles. The summed E-state index contributed by atoms with van der Waals surface area (Å²) < 4.78 is 10.2. The number of aryl methyl sites for hydroxylation is 1. The number of ether oxygens (including phenoxy) is 2. The quantitative estimate of drug-likeness (QED) is 0.277. The Bertz CT molecular complexity index is 767. The van der Waals surface area contributed by atoms with Crippen molar-refractivity contribution < 1.29 is 19.2 Å². The van der Waals surface area contributed by atoms with E-state index in [9.17, 15) is 14.9 Å². The Morgan fingerprint density at radius 3 is 2.61 bits per heavy atom. The van der Waals surface area contributed by atoms with Gasteiger partial charge in [-0.3, -0.25) is 10.1 Å². The molecule has 0 N–H and O–H groups in total. The number of benzene rings is 2. The molecule has 0 aliphatic carbocycles. The summed E-state index contributed by atoms with van der Waals surface area (Å²) >= 11 is 0. The molecule has 2 rings (SSSR count). The lowest BCUT2D eigenvalue weighted by Crippen LogP contribution is -2.05. The highest BCUT2D eigenvalue weighted by atomic mass is 16.6. The fraction of sp³-hybridized carbons (Fsp3) is 0.118. The Hall–Kier alpha value is -3.15. The lowest BCUT2D eigenvalue weighted by atomic mass is 10.1. The van der Waals surface area contributed by atoms with Crippen LogP contribution in [0.5, 0.6) is 11.5 Å². The van der Waals surface area contributed by atoms with Crippen LogP contribution in [0.2, 0.25) is 0 Å². The lowest BCUT2D eigenvalue weighted by Gasteiger charge is -2.07. The monoisotopic (exact) mass is 313 g/mol. The van der Waals surface area contributed by atoms with Crippen molar-refractivity contribution in [2.24, 2.45) is 0 Å². The number of hydrogen-bond acceptors (Lipinski definition) is 5. The number of nitro benzene ring substituents is 1. The number of carbonyl (C=O) groups excluding carboxylic acids is 1. The van der Waals surface area contributed by atoms with E-state index in [0.717, 1.165) is 17.2 Å². The minimum absolute atomic E-state index is 0.000548. The van der Waals surface area contributed by atoms with Crippen LogP contribution in [0, 0.1) is 17.0 Å². The maximum absolute atomic E-state index is 11.9. The molecule has 0 amide bonds. The van der Waals surface area contributed by atoms with E-state index < -0.39 is 10.9 Å². The molecule has 0 aromatic heterocycles. The zero-order valence-electron chi connectivity index (χ0n) is 12.7. The van der Waals surface area contributed by atoms with Gasteiger partial charge in [0.15, 0.2) is 11.5 Å². The third-order valence-corrected chi connectivity index (χ3v) is 3.02. The van der Waals surface area contributed by atoms with Gasteiger partial charge in [-0.05, 0) is 24.6 Å². The molecular weight excluding hydrogens is 298 g/mol. The molecule has 0 saturated carbocycles. The van der Waals surface area contributed by atoms with Crippen LogP contribution in [0.1, 0.15) is 11.1 Å². The average molecular weight is 313 g/mol. The van der Waals surface area contributed by atoms with Gasteiger partial charge in [0, 0.05) is 12.1 Å². The van der Waals surface area contributed by atoms with Gasteiger partial charge in [0.05, 0.1) is 18.1 Å². The number of carbonyl (C=O) groups is 1. The van der Waals surface area contributed by atoms with Crippen LogP contribution in [0.15, 0.2) is 48.5 Å². The molecule has 0 bridgehead atoms. The van der Waals surface area contributed by atoms with Crippen LogP contribution in [-0.2, 0) is 4.79 Å². The molecule has 0 fully saturated rings. The predicted octanol–water partition coefficient (Wildman–Crippen LogP) is 3.53. The van der Waals surface area contributed by atoms with Gasteiger partial charge < -0.3 is 9.47 Å². The first kappa shape index (κ1) is 16.2. The number of nitro groups is 1. The smallest absolute Gasteiger partial charge is 0.336 e. The molecule has 0 aliphatic rings. The van der Waals surface area contributed by atoms with Gasteiger partial charge in [-0.1, -0.05) is 29.8 Å². The highest BCUT2D eigenvalue weighted by Gasteiger charge is 2.14. The molecule has 0 heterocycles. The van der Waals surface area contributed by atoms with E-state index in [1.54, 1.807) is 6.08 Å². The second-order valence-corrected chi connectivity index (χ2v) is 4.76. The van der Waals surface area contributed by atoms with E-state index in [1.807, 2.05) is 31.2 Å². The van der Waals surface area contributed by atoms with E-state index in [0.29, 0.717) is 0 Å². The van der Waals surface area contributed by atoms with Crippen LogP contribution in [0.3, 0.4) is 0 Å². The van der Waals surface area contributed by atoms with Crippen LogP contribution >= 0.6 is 0 Å². The molecule has 118 valence electrons. The van der Waals surface area contributed by atoms with E-state index in [-0.39, 0.29) is 17.2 Å². The fourth-order valence-corrected chi connectivity index (χ4v) is 1.94. The molecule has 23 heavy (non-hydrogen) atoms. The fourth-order valence-electron chi connectivity index (χ4n) is 1.94. The van der Waals surface area contributed by atoms with E-state index in [4.69, 9.17) is 9.47 Å². The number of methoxy groups -OCH3 is 1.